The maximum atomic E-state index is 13.6. The molecule has 2 N–H and O–H groups in total. The van der Waals surface area contributed by atoms with E-state index >= 15 is 0 Å². The van der Waals surface area contributed by atoms with Crippen LogP contribution < -0.4 is 5.73 Å². The van der Waals surface area contributed by atoms with E-state index in [9.17, 15) is 17.2 Å². The van der Waals surface area contributed by atoms with Crippen LogP contribution in [0, 0.1) is 11.6 Å². The zero-order valence-corrected chi connectivity index (χ0v) is 17.2. The number of hydrogen-bond donors (Lipinski definition) is 1. The Morgan fingerprint density at radius 1 is 0.966 bits per heavy atom. The van der Waals surface area contributed by atoms with Gasteiger partial charge in [0.2, 0.25) is 0 Å². The monoisotopic (exact) mass is 419 g/mol. The molecule has 1 fully saturated rings. The van der Waals surface area contributed by atoms with Crippen molar-refractivity contribution >= 4 is 9.84 Å². The number of sulfone groups is 1. The lowest BCUT2D eigenvalue weighted by Gasteiger charge is -2.32. The molecular formula is C23H27F2NO2S. The highest BCUT2D eigenvalue weighted by Crippen LogP contribution is 2.35. The largest absolute Gasteiger partial charge is 0.327 e. The molecule has 0 amide bonds. The van der Waals surface area contributed by atoms with Gasteiger partial charge in [-0.2, -0.15) is 0 Å². The summed E-state index contributed by atoms with van der Waals surface area (Å²) in [6.07, 6.45) is 5.35. The summed E-state index contributed by atoms with van der Waals surface area (Å²) >= 11 is 0. The van der Waals surface area contributed by atoms with E-state index in [1.165, 1.54) is 11.6 Å². The van der Waals surface area contributed by atoms with Crippen LogP contribution in [0.1, 0.15) is 53.9 Å². The highest BCUT2D eigenvalue weighted by atomic mass is 32.2. The van der Waals surface area contributed by atoms with Gasteiger partial charge in [-0.3, -0.25) is 0 Å². The van der Waals surface area contributed by atoms with E-state index in [-0.39, 0.29) is 23.0 Å². The fourth-order valence-corrected chi connectivity index (χ4v) is 6.37. The summed E-state index contributed by atoms with van der Waals surface area (Å²) in [5, 5.41) is -0.158. The number of hydrogen-bond acceptors (Lipinski definition) is 3. The Labute approximate surface area is 171 Å². The van der Waals surface area contributed by atoms with Crippen molar-refractivity contribution in [2.24, 2.45) is 5.73 Å². The highest BCUT2D eigenvalue weighted by molar-refractivity contribution is 7.92. The highest BCUT2D eigenvalue weighted by Gasteiger charge is 2.31. The van der Waals surface area contributed by atoms with Crippen molar-refractivity contribution in [3.63, 3.8) is 0 Å². The van der Waals surface area contributed by atoms with E-state index < -0.39 is 21.5 Å². The van der Waals surface area contributed by atoms with E-state index in [1.807, 2.05) is 6.07 Å². The Hall–Kier alpha value is -1.79. The van der Waals surface area contributed by atoms with Gasteiger partial charge in [0.25, 0.3) is 0 Å². The SMILES string of the molecule is NC1CCc2ccc(CCS(=O)(=O)C3CCC3)cc2C1Cc1ccc(F)c(F)c1. The Kier molecular flexibility index (Phi) is 5.76. The van der Waals surface area contributed by atoms with Gasteiger partial charge in [0, 0.05) is 12.0 Å². The van der Waals surface area contributed by atoms with Gasteiger partial charge >= 0.3 is 0 Å². The molecule has 0 bridgehead atoms. The average Bonchev–Trinajstić information content (AvgIpc) is 2.63. The summed E-state index contributed by atoms with van der Waals surface area (Å²) < 4.78 is 51.7. The molecule has 0 saturated heterocycles. The van der Waals surface area contributed by atoms with Crippen molar-refractivity contribution in [2.75, 3.05) is 5.75 Å². The van der Waals surface area contributed by atoms with Crippen LogP contribution in [-0.2, 0) is 29.1 Å². The van der Waals surface area contributed by atoms with E-state index in [2.05, 4.69) is 12.1 Å². The molecule has 2 unspecified atom stereocenters. The standard InChI is InChI=1S/C23H27F2NO2S/c24-21-8-5-16(14-22(21)25)13-20-19-12-15(4-6-17(19)7-9-23(20)26)10-11-29(27,28)18-2-1-3-18/h4-6,8,12,14,18,20,23H,1-3,7,9-11,13,26H2. The first-order chi connectivity index (χ1) is 13.8. The molecule has 2 aliphatic rings. The first-order valence-corrected chi connectivity index (χ1v) is 12.1. The normalized spacial score (nSPS) is 22.2. The predicted molar refractivity (Wildman–Crippen MR) is 111 cm³/mol. The van der Waals surface area contributed by atoms with Gasteiger partial charge in [0.1, 0.15) is 0 Å². The van der Waals surface area contributed by atoms with E-state index in [0.29, 0.717) is 12.8 Å². The van der Waals surface area contributed by atoms with Gasteiger partial charge < -0.3 is 5.73 Å². The van der Waals surface area contributed by atoms with Crippen molar-refractivity contribution in [1.29, 1.82) is 0 Å². The number of rotatable bonds is 6. The molecule has 2 aromatic rings. The molecular weight excluding hydrogens is 392 g/mol. The minimum absolute atomic E-state index is 0.00630. The van der Waals surface area contributed by atoms with Crippen LogP contribution in [0.2, 0.25) is 0 Å². The molecule has 0 heterocycles. The Balaban J connectivity index is 1.54. The van der Waals surface area contributed by atoms with Gasteiger partial charge in [-0.05, 0) is 72.9 Å². The first kappa shape index (κ1) is 20.5. The van der Waals surface area contributed by atoms with Gasteiger partial charge in [0.05, 0.1) is 11.0 Å². The number of halogens is 2. The lowest BCUT2D eigenvalue weighted by Crippen LogP contribution is -2.34. The smallest absolute Gasteiger partial charge is 0.159 e. The summed E-state index contributed by atoms with van der Waals surface area (Å²) in [5.74, 6) is -1.51. The van der Waals surface area contributed by atoms with Crippen LogP contribution in [0.4, 0.5) is 8.78 Å². The minimum atomic E-state index is -3.03. The molecule has 4 rings (SSSR count). The molecule has 29 heavy (non-hydrogen) atoms. The third kappa shape index (κ3) is 4.38. The van der Waals surface area contributed by atoms with Crippen molar-refractivity contribution in [1.82, 2.24) is 0 Å². The van der Waals surface area contributed by atoms with Crippen LogP contribution in [0.3, 0.4) is 0 Å². The number of benzene rings is 2. The molecule has 0 spiro atoms. The number of aryl methyl sites for hydroxylation is 2. The van der Waals surface area contributed by atoms with Crippen molar-refractivity contribution in [3.05, 3.63) is 70.3 Å². The quantitative estimate of drug-likeness (QED) is 0.768. The van der Waals surface area contributed by atoms with Crippen LogP contribution in [0.25, 0.3) is 0 Å². The van der Waals surface area contributed by atoms with Crippen LogP contribution >= 0.6 is 0 Å². The third-order valence-corrected chi connectivity index (χ3v) is 8.81. The van der Waals surface area contributed by atoms with Crippen molar-refractivity contribution in [3.8, 4) is 0 Å². The van der Waals surface area contributed by atoms with Gasteiger partial charge in [-0.1, -0.05) is 30.7 Å². The molecule has 2 aromatic carbocycles. The third-order valence-electron chi connectivity index (χ3n) is 6.55. The second-order valence-corrected chi connectivity index (χ2v) is 10.9. The maximum absolute atomic E-state index is 13.6. The second-order valence-electron chi connectivity index (χ2n) is 8.46. The molecule has 0 aliphatic heterocycles. The summed E-state index contributed by atoms with van der Waals surface area (Å²) in [7, 11) is -3.03. The van der Waals surface area contributed by atoms with Crippen LogP contribution in [0.5, 0.6) is 0 Å². The molecule has 156 valence electrons. The Bertz CT molecular complexity index is 1000. The number of fused-ring (bicyclic) bond motifs is 1. The van der Waals surface area contributed by atoms with Crippen LogP contribution in [-0.4, -0.2) is 25.5 Å². The lowest BCUT2D eigenvalue weighted by molar-refractivity contribution is 0.463. The van der Waals surface area contributed by atoms with E-state index in [4.69, 9.17) is 5.73 Å². The molecule has 2 aliphatic carbocycles. The molecule has 3 nitrogen and oxygen atoms in total. The van der Waals surface area contributed by atoms with Gasteiger partial charge in [0.15, 0.2) is 21.5 Å². The zero-order chi connectivity index (χ0) is 20.6. The molecule has 0 aromatic heterocycles. The lowest BCUT2D eigenvalue weighted by atomic mass is 9.76. The topological polar surface area (TPSA) is 60.2 Å². The maximum Gasteiger partial charge on any atom is 0.159 e. The summed E-state index contributed by atoms with van der Waals surface area (Å²) in [5.41, 5.74) is 10.4. The van der Waals surface area contributed by atoms with Crippen LogP contribution in [0.15, 0.2) is 36.4 Å². The summed E-state index contributed by atoms with van der Waals surface area (Å²) in [4.78, 5) is 0. The average molecular weight is 420 g/mol. The van der Waals surface area contributed by atoms with Gasteiger partial charge in [-0.15, -0.1) is 0 Å². The minimum Gasteiger partial charge on any atom is -0.327 e. The van der Waals surface area contributed by atoms with Crippen molar-refractivity contribution in [2.45, 2.75) is 62.2 Å². The predicted octanol–water partition coefficient (Wildman–Crippen LogP) is 4.07. The molecule has 1 saturated carbocycles. The number of nitrogens with two attached hydrogens (primary N) is 1. The Morgan fingerprint density at radius 3 is 2.41 bits per heavy atom. The zero-order valence-electron chi connectivity index (χ0n) is 16.4. The van der Waals surface area contributed by atoms with E-state index in [0.717, 1.165) is 54.9 Å². The Morgan fingerprint density at radius 2 is 1.72 bits per heavy atom. The summed E-state index contributed by atoms with van der Waals surface area (Å²) in [6.45, 7) is 0. The molecule has 0 radical (unpaired) electrons. The first-order valence-electron chi connectivity index (χ1n) is 10.4. The van der Waals surface area contributed by atoms with Crippen molar-refractivity contribution < 1.29 is 17.2 Å². The molecule has 2 atom stereocenters. The van der Waals surface area contributed by atoms with E-state index in [1.54, 1.807) is 6.07 Å². The fraction of sp³-hybridized carbons (Fsp3) is 0.478. The van der Waals surface area contributed by atoms with Gasteiger partial charge in [-0.25, -0.2) is 17.2 Å². The fourth-order valence-electron chi connectivity index (χ4n) is 4.47. The summed E-state index contributed by atoms with van der Waals surface area (Å²) in [6, 6.07) is 10.1. The second kappa shape index (κ2) is 8.15. The molecule has 6 heteroatoms.